The minimum atomic E-state index is -4.86. The molecule has 0 radical (unpaired) electrons. The van der Waals surface area contributed by atoms with Crippen molar-refractivity contribution in [1.29, 1.82) is 0 Å². The number of alkyl halides is 6. The van der Waals surface area contributed by atoms with Crippen LogP contribution in [-0.2, 0) is 35.8 Å². The fraction of sp³-hybridized carbons (Fsp3) is 0.388. The molecule has 78 heavy (non-hydrogen) atoms. The first-order valence-corrected chi connectivity index (χ1v) is 23.4. The van der Waals surface area contributed by atoms with Crippen molar-refractivity contribution in [2.24, 2.45) is 0 Å². The lowest BCUT2D eigenvalue weighted by molar-refractivity contribution is -0.189. The van der Waals surface area contributed by atoms with Crippen molar-refractivity contribution in [3.8, 4) is 22.9 Å². The lowest BCUT2D eigenvalue weighted by Crippen LogP contribution is -2.32. The second-order valence-electron chi connectivity index (χ2n) is 16.3. The molecule has 1 saturated heterocycles. The van der Waals surface area contributed by atoms with Gasteiger partial charge < -0.3 is 34.7 Å². The van der Waals surface area contributed by atoms with E-state index in [9.17, 15) is 59.4 Å². The van der Waals surface area contributed by atoms with Gasteiger partial charge in [0, 0.05) is 31.8 Å². The number of halogens is 12. The average molecular weight is 1160 g/mol. The number of ether oxygens (including phenoxy) is 4. The van der Waals surface area contributed by atoms with Crippen LogP contribution in [0.1, 0.15) is 94.2 Å². The van der Waals surface area contributed by atoms with E-state index >= 15 is 8.78 Å². The van der Waals surface area contributed by atoms with Crippen LogP contribution in [0.5, 0.6) is 11.5 Å². The normalized spacial score (nSPS) is 14.2. The molecular formula is C49H52Cl2F10N8O9. The summed E-state index contributed by atoms with van der Waals surface area (Å²) in [5.41, 5.74) is -5.30. The number of nitrogens with one attached hydrogen (secondary N) is 2. The van der Waals surface area contributed by atoms with Gasteiger partial charge in [-0.05, 0) is 83.4 Å². The summed E-state index contributed by atoms with van der Waals surface area (Å²) in [6, 6.07) is 9.55. The van der Waals surface area contributed by atoms with Gasteiger partial charge in [0.2, 0.25) is 0 Å². The van der Waals surface area contributed by atoms with Crippen molar-refractivity contribution in [3.05, 3.63) is 138 Å². The Labute approximate surface area is 448 Å². The number of aromatic nitrogens is 6. The van der Waals surface area contributed by atoms with Crippen molar-refractivity contribution in [1.82, 2.24) is 28.7 Å². The molecule has 29 heteroatoms. The lowest BCUT2D eigenvalue weighted by Gasteiger charge is -2.22. The molecule has 0 spiro atoms. The summed E-state index contributed by atoms with van der Waals surface area (Å²) >= 11 is 11.8. The molecule has 3 N–H and O–H groups in total. The van der Waals surface area contributed by atoms with Gasteiger partial charge >= 0.3 is 23.7 Å². The highest BCUT2D eigenvalue weighted by atomic mass is 35.5. The number of carbonyl (C=O) groups is 2. The van der Waals surface area contributed by atoms with Crippen molar-refractivity contribution in [3.63, 3.8) is 0 Å². The number of hydrogen-bond donors (Lipinski definition) is 3. The zero-order valence-electron chi connectivity index (χ0n) is 40.1. The topological polar surface area (TPSA) is 195 Å². The molecule has 3 atom stereocenters. The zero-order valence-corrected chi connectivity index (χ0v) is 41.6. The number of aliphatic hydroxyl groups excluding tert-OH is 1. The molecule has 0 saturated carbocycles. The number of rotatable bonds is 16. The van der Waals surface area contributed by atoms with Gasteiger partial charge in [-0.2, -0.15) is 35.7 Å². The molecule has 4 aromatic carbocycles. The Morgan fingerprint density at radius 3 is 1.49 bits per heavy atom. The Morgan fingerprint density at radius 2 is 1.13 bits per heavy atom. The van der Waals surface area contributed by atoms with Gasteiger partial charge in [-0.25, -0.2) is 27.2 Å². The van der Waals surface area contributed by atoms with E-state index < -0.39 is 129 Å². The van der Waals surface area contributed by atoms with E-state index in [2.05, 4.69) is 20.8 Å². The van der Waals surface area contributed by atoms with Gasteiger partial charge in [0.05, 0.1) is 32.5 Å². The first-order chi connectivity index (χ1) is 35.8. The van der Waals surface area contributed by atoms with Gasteiger partial charge in [0.15, 0.2) is 30.1 Å². The average Bonchev–Trinajstić information content (AvgIpc) is 3.87. The third-order valence-electron chi connectivity index (χ3n) is 11.2. The quantitative estimate of drug-likeness (QED) is 0.0780. The molecule has 0 aliphatic carbocycles. The standard InChI is InChI=1S/C26H26ClF5N4O5.C21H18ClF5N4O4.2CH4/c1-3-35-21(13-40-22-9-4-5-10-39-22)34-36(25(35)38)19-12-20(41-14(2)26(30,31)32)15(11-18(19)29)24(37)33-23-16(27)7-6-8-17(23)28;1-3-30-17(9-32)29-31(20(30)34)15-8-16(35-10(2)21(25,26)27)11(7-14(15)24)19(33)28-18-12(22)5-4-6-13(18)23;;/h6-8,11-12,14,22H,3-5,9-10,13H2,1-2H3,(H,33,37);4-8,10,32H,3,9H2,1-2H3,(H,28,33);2*1H4/t14-,22?;10-;;/m00../s1. The molecule has 7 rings (SSSR count). The summed E-state index contributed by atoms with van der Waals surface area (Å²) in [6.07, 6.45) is -12.7. The predicted molar refractivity (Wildman–Crippen MR) is 266 cm³/mol. The van der Waals surface area contributed by atoms with Gasteiger partial charge in [-0.3, -0.25) is 18.7 Å². The van der Waals surface area contributed by atoms with Crippen molar-refractivity contribution < 1.29 is 77.5 Å². The predicted octanol–water partition coefficient (Wildman–Crippen LogP) is 10.9. The summed E-state index contributed by atoms with van der Waals surface area (Å²) in [6.45, 7) is 4.43. The summed E-state index contributed by atoms with van der Waals surface area (Å²) in [4.78, 5) is 51.5. The molecule has 3 heterocycles. The Kier molecular flexibility index (Phi) is 21.7. The Hall–Kier alpha value is -6.94. The maximum Gasteiger partial charge on any atom is 0.425 e. The van der Waals surface area contributed by atoms with Crippen LogP contribution >= 0.6 is 23.2 Å². The van der Waals surface area contributed by atoms with E-state index in [1.54, 1.807) is 13.8 Å². The Bertz CT molecular complexity index is 3170. The summed E-state index contributed by atoms with van der Waals surface area (Å²) < 4.78 is 163. The van der Waals surface area contributed by atoms with Gasteiger partial charge in [0.25, 0.3) is 11.8 Å². The fourth-order valence-electron chi connectivity index (χ4n) is 7.13. The largest absolute Gasteiger partial charge is 0.480 e. The Balaban J connectivity index is 0.000000332. The van der Waals surface area contributed by atoms with Crippen LogP contribution in [0.25, 0.3) is 11.4 Å². The molecule has 1 aliphatic rings. The first kappa shape index (κ1) is 63.6. The van der Waals surface area contributed by atoms with Gasteiger partial charge in [-0.1, -0.05) is 50.2 Å². The van der Waals surface area contributed by atoms with E-state index in [0.29, 0.717) is 54.4 Å². The fourth-order valence-corrected chi connectivity index (χ4v) is 7.55. The third-order valence-corrected chi connectivity index (χ3v) is 11.8. The van der Waals surface area contributed by atoms with Gasteiger partial charge in [-0.15, -0.1) is 10.2 Å². The van der Waals surface area contributed by atoms with Crippen molar-refractivity contribution in [2.75, 3.05) is 17.2 Å². The van der Waals surface area contributed by atoms with Crippen LogP contribution in [0.15, 0.2) is 70.3 Å². The molecule has 6 aromatic rings. The first-order valence-electron chi connectivity index (χ1n) is 22.7. The zero-order chi connectivity index (χ0) is 56.0. The maximum absolute atomic E-state index is 15.4. The number of amides is 2. The van der Waals surface area contributed by atoms with Crippen LogP contribution in [0.2, 0.25) is 10.0 Å². The lowest BCUT2D eigenvalue weighted by atomic mass is 10.1. The van der Waals surface area contributed by atoms with E-state index in [1.165, 1.54) is 28.8 Å². The number of anilines is 2. The van der Waals surface area contributed by atoms with E-state index in [0.717, 1.165) is 35.6 Å². The van der Waals surface area contributed by atoms with Crippen LogP contribution in [0.3, 0.4) is 0 Å². The molecule has 426 valence electrons. The van der Waals surface area contributed by atoms with E-state index in [-0.39, 0.29) is 56.2 Å². The van der Waals surface area contributed by atoms with E-state index in [1.807, 2.05) is 0 Å². The van der Waals surface area contributed by atoms with Crippen molar-refractivity contribution >= 4 is 46.4 Å². The minimum absolute atomic E-state index is 0. The molecule has 17 nitrogen and oxygen atoms in total. The maximum atomic E-state index is 15.4. The number of para-hydroxylation sites is 2. The van der Waals surface area contributed by atoms with E-state index in [4.69, 9.17) is 42.1 Å². The molecule has 1 unspecified atom stereocenters. The molecular weight excluding hydrogens is 1110 g/mol. The van der Waals surface area contributed by atoms with Crippen LogP contribution < -0.4 is 31.5 Å². The number of benzene rings is 4. The number of aliphatic hydroxyl groups is 1. The highest BCUT2D eigenvalue weighted by molar-refractivity contribution is 6.34. The monoisotopic (exact) mass is 1160 g/mol. The number of hydrogen-bond acceptors (Lipinski definition) is 11. The molecule has 0 bridgehead atoms. The second kappa shape index (κ2) is 26.6. The second-order valence-corrected chi connectivity index (χ2v) is 17.1. The van der Waals surface area contributed by atoms with Crippen LogP contribution in [0.4, 0.5) is 55.3 Å². The van der Waals surface area contributed by atoms with Crippen LogP contribution in [0, 0.1) is 23.3 Å². The SMILES string of the molecule is C.C.CCn1c(CO)nn(-c2cc(O[C@@H](C)C(F)(F)F)c(C(=O)Nc3c(F)cccc3Cl)cc2F)c1=O.CCn1c(COC2CCCCO2)nn(-c2cc(O[C@@H](C)C(F)(F)F)c(C(=O)Nc3c(F)cccc3Cl)cc2F)c1=O. The highest BCUT2D eigenvalue weighted by Crippen LogP contribution is 2.35. The summed E-state index contributed by atoms with van der Waals surface area (Å²) in [5, 5.41) is 21.1. The van der Waals surface area contributed by atoms with Gasteiger partial charge in [0.1, 0.15) is 59.4 Å². The Morgan fingerprint density at radius 1 is 0.705 bits per heavy atom. The smallest absolute Gasteiger partial charge is 0.425 e. The molecule has 1 aliphatic heterocycles. The summed E-state index contributed by atoms with van der Waals surface area (Å²) in [5.74, 6) is -8.23. The highest BCUT2D eigenvalue weighted by Gasteiger charge is 2.40. The number of nitrogens with zero attached hydrogens (tertiary/aromatic N) is 6. The minimum Gasteiger partial charge on any atom is -0.480 e. The molecule has 1 fully saturated rings. The van der Waals surface area contributed by atoms with Crippen LogP contribution in [-0.4, -0.2) is 83.1 Å². The third kappa shape index (κ3) is 14.6. The number of carbonyl (C=O) groups excluding carboxylic acids is 2. The van der Waals surface area contributed by atoms with Crippen molar-refractivity contribution in [2.45, 2.75) is 119 Å². The molecule has 2 aromatic heterocycles. The summed E-state index contributed by atoms with van der Waals surface area (Å²) in [7, 11) is 0. The molecule has 2 amide bonds.